The number of carbonyl (C=O) groups excluding carboxylic acids is 1. The fourth-order valence-electron chi connectivity index (χ4n) is 4.38. The van der Waals surface area contributed by atoms with Gasteiger partial charge < -0.3 is 10.1 Å². The van der Waals surface area contributed by atoms with Crippen molar-refractivity contribution >= 4 is 5.91 Å². The number of rotatable bonds is 7. The maximum absolute atomic E-state index is 13.2. The summed E-state index contributed by atoms with van der Waals surface area (Å²) in [5, 5.41) is 3.19. The lowest BCUT2D eigenvalue weighted by molar-refractivity contribution is -0.121. The molecule has 2 unspecified atom stereocenters. The Morgan fingerprint density at radius 2 is 1.81 bits per heavy atom. The second-order valence-electron chi connectivity index (χ2n) is 8.28. The average Bonchev–Trinajstić information content (AvgIpc) is 3.26. The van der Waals surface area contributed by atoms with Crippen molar-refractivity contribution in [2.75, 3.05) is 19.7 Å². The number of benzene rings is 2. The molecule has 2 aliphatic rings. The topological polar surface area (TPSA) is 65.6 Å². The number of piperidine rings is 1. The van der Waals surface area contributed by atoms with Gasteiger partial charge in [0.05, 0.1) is 19.2 Å². The summed E-state index contributed by atoms with van der Waals surface area (Å²) in [4.78, 5) is 14.9. The van der Waals surface area contributed by atoms with Crippen LogP contribution in [0.2, 0.25) is 0 Å². The first-order valence-electron chi connectivity index (χ1n) is 11.1. The van der Waals surface area contributed by atoms with Gasteiger partial charge in [0.15, 0.2) is 0 Å². The highest BCUT2D eigenvalue weighted by Gasteiger charge is 2.32. The molecule has 7 heteroatoms. The van der Waals surface area contributed by atoms with E-state index in [2.05, 4.69) is 21.1 Å². The van der Waals surface area contributed by atoms with E-state index >= 15 is 0 Å². The van der Waals surface area contributed by atoms with Gasteiger partial charge in [-0.25, -0.2) is 15.2 Å². The van der Waals surface area contributed by atoms with Crippen LogP contribution < -0.4 is 20.9 Å². The van der Waals surface area contributed by atoms with Crippen molar-refractivity contribution in [1.82, 2.24) is 21.1 Å². The number of nitrogens with one attached hydrogen (secondary N) is 3. The Hall–Kier alpha value is -2.48. The van der Waals surface area contributed by atoms with E-state index in [1.807, 2.05) is 43.3 Å². The zero-order chi connectivity index (χ0) is 21.6. The lowest BCUT2D eigenvalue weighted by Gasteiger charge is -2.35. The highest BCUT2D eigenvalue weighted by Crippen LogP contribution is 2.26. The first kappa shape index (κ1) is 21.7. The van der Waals surface area contributed by atoms with Crippen molar-refractivity contribution in [3.63, 3.8) is 0 Å². The number of hydrazine groups is 1. The second kappa shape index (κ2) is 10.2. The molecule has 2 heterocycles. The van der Waals surface area contributed by atoms with Gasteiger partial charge in [-0.3, -0.25) is 9.69 Å². The van der Waals surface area contributed by atoms with E-state index in [1.54, 1.807) is 0 Å². The monoisotopic (exact) mass is 426 g/mol. The van der Waals surface area contributed by atoms with E-state index in [0.29, 0.717) is 13.0 Å². The summed E-state index contributed by atoms with van der Waals surface area (Å²) in [5.41, 5.74) is 8.79. The minimum Gasteiger partial charge on any atom is -0.494 e. The van der Waals surface area contributed by atoms with Gasteiger partial charge in [0.25, 0.3) is 0 Å². The third-order valence-electron chi connectivity index (χ3n) is 6.09. The number of likely N-dealkylation sites (tertiary alicyclic amines) is 1. The molecule has 2 aromatic carbocycles. The van der Waals surface area contributed by atoms with Crippen molar-refractivity contribution in [1.29, 1.82) is 0 Å². The Morgan fingerprint density at radius 3 is 2.48 bits per heavy atom. The van der Waals surface area contributed by atoms with Crippen LogP contribution in [0.4, 0.5) is 4.39 Å². The molecule has 0 aromatic heterocycles. The van der Waals surface area contributed by atoms with Crippen molar-refractivity contribution in [2.24, 2.45) is 0 Å². The van der Waals surface area contributed by atoms with Crippen LogP contribution in [-0.4, -0.2) is 42.7 Å². The van der Waals surface area contributed by atoms with Crippen LogP contribution in [-0.2, 0) is 11.2 Å². The molecular weight excluding hydrogens is 395 g/mol. The maximum atomic E-state index is 13.2. The SMILES string of the molecule is CCOc1ccc(CC(=O)NC2CCN(C3CC(c4ccc(F)cc4)NN3)CC2)cc1. The lowest BCUT2D eigenvalue weighted by Crippen LogP contribution is -2.51. The summed E-state index contributed by atoms with van der Waals surface area (Å²) in [6.45, 7) is 4.46. The van der Waals surface area contributed by atoms with Gasteiger partial charge >= 0.3 is 0 Å². The number of nitrogens with zero attached hydrogens (tertiary/aromatic N) is 1. The summed E-state index contributed by atoms with van der Waals surface area (Å²) in [7, 11) is 0. The number of hydrogen-bond donors (Lipinski definition) is 3. The fourth-order valence-corrected chi connectivity index (χ4v) is 4.38. The molecule has 2 atom stereocenters. The molecular formula is C24H31FN4O2. The molecule has 1 amide bonds. The van der Waals surface area contributed by atoms with Crippen LogP contribution in [0.25, 0.3) is 0 Å². The van der Waals surface area contributed by atoms with Gasteiger partial charge in [0.1, 0.15) is 11.6 Å². The van der Waals surface area contributed by atoms with E-state index in [1.165, 1.54) is 12.1 Å². The zero-order valence-electron chi connectivity index (χ0n) is 17.9. The second-order valence-corrected chi connectivity index (χ2v) is 8.28. The Morgan fingerprint density at radius 1 is 1.10 bits per heavy atom. The smallest absolute Gasteiger partial charge is 0.224 e. The Labute approximate surface area is 183 Å². The number of carbonyl (C=O) groups is 1. The molecule has 0 bridgehead atoms. The van der Waals surface area contributed by atoms with Crippen molar-refractivity contribution in [3.05, 3.63) is 65.5 Å². The van der Waals surface area contributed by atoms with Gasteiger partial charge in [-0.05, 0) is 61.6 Å². The summed E-state index contributed by atoms with van der Waals surface area (Å²) in [6.07, 6.45) is 3.44. The molecule has 2 saturated heterocycles. The summed E-state index contributed by atoms with van der Waals surface area (Å²) in [6, 6.07) is 14.8. The van der Waals surface area contributed by atoms with Gasteiger partial charge in [-0.2, -0.15) is 0 Å². The molecule has 0 radical (unpaired) electrons. The van der Waals surface area contributed by atoms with Gasteiger partial charge in [0.2, 0.25) is 5.91 Å². The maximum Gasteiger partial charge on any atom is 0.224 e. The minimum absolute atomic E-state index is 0.0691. The number of halogens is 1. The van der Waals surface area contributed by atoms with Gasteiger partial charge in [-0.15, -0.1) is 0 Å². The largest absolute Gasteiger partial charge is 0.494 e. The molecule has 3 N–H and O–H groups in total. The molecule has 6 nitrogen and oxygen atoms in total. The molecule has 166 valence electrons. The molecule has 31 heavy (non-hydrogen) atoms. The first-order valence-corrected chi connectivity index (χ1v) is 11.1. The lowest BCUT2D eigenvalue weighted by atomic mass is 10.0. The van der Waals surface area contributed by atoms with Gasteiger partial charge in [-0.1, -0.05) is 24.3 Å². The third kappa shape index (κ3) is 5.81. The van der Waals surface area contributed by atoms with E-state index < -0.39 is 0 Å². The van der Waals surface area contributed by atoms with Crippen molar-refractivity contribution in [3.8, 4) is 5.75 Å². The quantitative estimate of drug-likeness (QED) is 0.635. The van der Waals surface area contributed by atoms with E-state index in [0.717, 1.165) is 49.2 Å². The number of ether oxygens (including phenoxy) is 1. The van der Waals surface area contributed by atoms with Crippen molar-refractivity contribution < 1.29 is 13.9 Å². The van der Waals surface area contributed by atoms with E-state index in [-0.39, 0.29) is 30.0 Å². The van der Waals surface area contributed by atoms with Crippen molar-refractivity contribution in [2.45, 2.75) is 50.9 Å². The van der Waals surface area contributed by atoms with Crippen LogP contribution in [0.3, 0.4) is 0 Å². The molecule has 2 aliphatic heterocycles. The summed E-state index contributed by atoms with van der Waals surface area (Å²) in [5.74, 6) is 0.688. The third-order valence-corrected chi connectivity index (χ3v) is 6.09. The molecule has 4 rings (SSSR count). The van der Waals surface area contributed by atoms with Crippen LogP contribution in [0.15, 0.2) is 48.5 Å². The minimum atomic E-state index is -0.210. The molecule has 0 aliphatic carbocycles. The number of hydrogen-bond acceptors (Lipinski definition) is 5. The Bertz CT molecular complexity index is 851. The predicted octanol–water partition coefficient (Wildman–Crippen LogP) is 2.91. The van der Waals surface area contributed by atoms with Crippen LogP contribution in [0.1, 0.15) is 43.4 Å². The molecule has 2 fully saturated rings. The standard InChI is InChI=1S/C24H31FN4O2/c1-2-31-21-9-3-17(4-10-21)15-24(30)26-20-11-13-29(14-12-20)23-16-22(27-28-23)18-5-7-19(25)8-6-18/h3-10,20,22-23,27-28H,2,11-16H2,1H3,(H,26,30). The average molecular weight is 427 g/mol. The first-order chi connectivity index (χ1) is 15.1. The Balaban J connectivity index is 1.20. The Kier molecular flexibility index (Phi) is 7.17. The normalized spacial score (nSPS) is 22.4. The number of amides is 1. The molecule has 0 spiro atoms. The van der Waals surface area contributed by atoms with Crippen LogP contribution in [0, 0.1) is 5.82 Å². The van der Waals surface area contributed by atoms with Crippen LogP contribution >= 0.6 is 0 Å². The molecule has 2 aromatic rings. The highest BCUT2D eigenvalue weighted by molar-refractivity contribution is 5.78. The summed E-state index contributed by atoms with van der Waals surface area (Å²) < 4.78 is 18.6. The van der Waals surface area contributed by atoms with E-state index in [4.69, 9.17) is 4.74 Å². The highest BCUT2D eigenvalue weighted by atomic mass is 19.1. The summed E-state index contributed by atoms with van der Waals surface area (Å²) >= 11 is 0. The van der Waals surface area contributed by atoms with Gasteiger partial charge in [0, 0.05) is 25.2 Å². The predicted molar refractivity (Wildman–Crippen MR) is 118 cm³/mol. The molecule has 0 saturated carbocycles. The van der Waals surface area contributed by atoms with E-state index in [9.17, 15) is 9.18 Å². The zero-order valence-corrected chi connectivity index (χ0v) is 17.9. The van der Waals surface area contributed by atoms with Crippen LogP contribution in [0.5, 0.6) is 5.75 Å². The fraction of sp³-hybridized carbons (Fsp3) is 0.458.